The van der Waals surface area contributed by atoms with Gasteiger partial charge in [-0.3, -0.25) is 9.59 Å². The summed E-state index contributed by atoms with van der Waals surface area (Å²) in [5, 5.41) is 10.0. The first-order chi connectivity index (χ1) is 25.6. The molecule has 3 heterocycles. The number of nitrogens with one attached hydrogen (secondary N) is 3. The predicted octanol–water partition coefficient (Wildman–Crippen LogP) is 5.90. The molecule has 0 aliphatic carbocycles. The Hall–Kier alpha value is -4.65. The van der Waals surface area contributed by atoms with Crippen LogP contribution in [0.25, 0.3) is 0 Å². The van der Waals surface area contributed by atoms with Crippen LogP contribution >= 0.6 is 11.6 Å². The summed E-state index contributed by atoms with van der Waals surface area (Å²) in [5.74, 6) is 8.51. The maximum absolute atomic E-state index is 12.0. The minimum Gasteiger partial charge on any atom is -0.460 e. The third-order valence-corrected chi connectivity index (χ3v) is 7.46. The van der Waals surface area contributed by atoms with Crippen LogP contribution in [-0.2, 0) is 19.1 Å². The molecule has 0 bridgehead atoms. The van der Waals surface area contributed by atoms with Crippen molar-refractivity contribution < 1.29 is 19.1 Å². The fourth-order valence-corrected chi connectivity index (χ4v) is 4.96. The van der Waals surface area contributed by atoms with Gasteiger partial charge in [-0.1, -0.05) is 24.4 Å². The van der Waals surface area contributed by atoms with Gasteiger partial charge in [0.05, 0.1) is 12.4 Å². The van der Waals surface area contributed by atoms with Crippen molar-refractivity contribution in [1.29, 1.82) is 0 Å². The molecule has 0 saturated heterocycles. The van der Waals surface area contributed by atoms with E-state index in [1.54, 1.807) is 24.5 Å². The molecular formula is C38H58ClN11O4. The van der Waals surface area contributed by atoms with Crippen LogP contribution in [0, 0.1) is 23.7 Å². The van der Waals surface area contributed by atoms with Crippen LogP contribution in [0.5, 0.6) is 0 Å². The molecule has 3 aromatic rings. The molecule has 0 saturated carbocycles. The Labute approximate surface area is 325 Å². The molecule has 0 aliphatic rings. The Morgan fingerprint density at radius 2 is 1.24 bits per heavy atom. The van der Waals surface area contributed by atoms with Crippen LogP contribution in [0.2, 0.25) is 5.15 Å². The molecule has 2 atom stereocenters. The largest absolute Gasteiger partial charge is 0.460 e. The molecule has 15 nitrogen and oxygen atoms in total. The first kappa shape index (κ1) is 45.5. The summed E-state index contributed by atoms with van der Waals surface area (Å²) < 4.78 is 10.7. The number of anilines is 4. The Balaban J connectivity index is 0.000000401. The minimum atomic E-state index is -0.476. The van der Waals surface area contributed by atoms with E-state index in [1.807, 2.05) is 48.5 Å². The molecule has 0 aromatic carbocycles. The number of ether oxygens (including phenoxy) is 2. The second-order valence-electron chi connectivity index (χ2n) is 14.5. The van der Waals surface area contributed by atoms with Gasteiger partial charge in [-0.2, -0.15) is 0 Å². The average Bonchev–Trinajstić information content (AvgIpc) is 3.09. The summed E-state index contributed by atoms with van der Waals surface area (Å²) in [5.41, 5.74) is 11.1. The van der Waals surface area contributed by atoms with Crippen LogP contribution in [0.4, 0.5) is 23.3 Å². The Bertz CT molecular complexity index is 1620. The second kappa shape index (κ2) is 23.9. The monoisotopic (exact) mass is 767 g/mol. The summed E-state index contributed by atoms with van der Waals surface area (Å²) in [6.07, 6.45) is 10.7. The second-order valence-corrected chi connectivity index (χ2v) is 14.9. The van der Waals surface area contributed by atoms with Crippen LogP contribution < -0.4 is 27.4 Å². The van der Waals surface area contributed by atoms with Crippen LogP contribution in [-0.4, -0.2) is 79.2 Å². The van der Waals surface area contributed by atoms with Crippen LogP contribution in [0.1, 0.15) is 99.1 Å². The lowest BCUT2D eigenvalue weighted by atomic mass is 9.99. The highest BCUT2D eigenvalue weighted by molar-refractivity contribution is 6.29. The summed E-state index contributed by atoms with van der Waals surface area (Å²) >= 11 is 5.81. The van der Waals surface area contributed by atoms with Crippen molar-refractivity contribution in [3.63, 3.8) is 0 Å². The van der Waals surface area contributed by atoms with Gasteiger partial charge in [0.2, 0.25) is 0 Å². The topological polar surface area (TPSA) is 218 Å². The van der Waals surface area contributed by atoms with Crippen molar-refractivity contribution in [3.05, 3.63) is 48.0 Å². The molecule has 2 unspecified atom stereocenters. The zero-order valence-corrected chi connectivity index (χ0v) is 33.5. The van der Waals surface area contributed by atoms with Crippen molar-refractivity contribution in [1.82, 2.24) is 29.9 Å². The van der Waals surface area contributed by atoms with E-state index in [0.29, 0.717) is 79.6 Å². The molecular weight excluding hydrogens is 710 g/mol. The number of hydrogen-bond acceptors (Lipinski definition) is 15. The lowest BCUT2D eigenvalue weighted by Gasteiger charge is -2.21. The summed E-state index contributed by atoms with van der Waals surface area (Å²) in [6, 6.07) is 3.45. The van der Waals surface area contributed by atoms with E-state index in [-0.39, 0.29) is 23.8 Å². The number of hydrogen-bond donors (Lipinski definition) is 5. The first-order valence-corrected chi connectivity index (χ1v) is 18.7. The van der Waals surface area contributed by atoms with Gasteiger partial charge < -0.3 is 36.9 Å². The van der Waals surface area contributed by atoms with Gasteiger partial charge in [0.1, 0.15) is 58.0 Å². The SMILES string of the molecule is CC(C)(C)OC(=O)CCC(CCN)CNc1cc(Cl)ncn1.CCC#Cc1cnc(Nc2cc(NCC(CCN)CCC(=O)OC(C)(C)C)ncn2)cn1. The van der Waals surface area contributed by atoms with E-state index in [9.17, 15) is 9.59 Å². The van der Waals surface area contributed by atoms with Crippen molar-refractivity contribution in [2.75, 3.05) is 42.1 Å². The number of aromatic nitrogens is 6. The molecule has 7 N–H and O–H groups in total. The molecule has 3 aromatic heterocycles. The van der Waals surface area contributed by atoms with E-state index >= 15 is 0 Å². The zero-order chi connectivity index (χ0) is 40.0. The van der Waals surface area contributed by atoms with E-state index in [1.165, 1.54) is 12.7 Å². The molecule has 54 heavy (non-hydrogen) atoms. The van der Waals surface area contributed by atoms with Gasteiger partial charge in [-0.05, 0) is 98.1 Å². The van der Waals surface area contributed by atoms with Gasteiger partial charge in [-0.15, -0.1) is 0 Å². The molecule has 0 aliphatic heterocycles. The van der Waals surface area contributed by atoms with Gasteiger partial charge in [0.25, 0.3) is 0 Å². The molecule has 0 spiro atoms. The molecule has 16 heteroatoms. The van der Waals surface area contributed by atoms with Gasteiger partial charge in [0, 0.05) is 44.5 Å². The number of rotatable bonds is 18. The van der Waals surface area contributed by atoms with E-state index in [0.717, 1.165) is 25.7 Å². The number of carbonyl (C=O) groups is 2. The standard InChI is InChI=1S/C23H33N7O2.C15H25ClN4O2/c1-5-6-7-18-14-27-21(15-25-18)30-20-12-19(28-16-29-20)26-13-17(10-11-24)8-9-22(31)32-23(2,3)4;1-15(2,3)22-14(21)5-4-11(6-7-17)9-18-13-8-12(16)19-10-20-13/h12,14-17H,5,8-11,13,24H2,1-4H3,(H2,26,27,28,29,30);8,10-11H,4-7,9,17H2,1-3H3,(H,18,19,20). The fourth-order valence-electron chi connectivity index (χ4n) is 4.82. The Morgan fingerprint density at radius 1 is 0.722 bits per heavy atom. The zero-order valence-electron chi connectivity index (χ0n) is 32.7. The molecule has 3 rings (SSSR count). The van der Waals surface area contributed by atoms with Crippen molar-refractivity contribution in [3.8, 4) is 11.8 Å². The fraction of sp³-hybridized carbons (Fsp3) is 0.579. The maximum Gasteiger partial charge on any atom is 0.306 e. The molecule has 296 valence electrons. The first-order valence-electron chi connectivity index (χ1n) is 18.3. The average molecular weight is 768 g/mol. The normalized spacial score (nSPS) is 12.2. The number of halogens is 1. The third kappa shape index (κ3) is 21.2. The highest BCUT2D eigenvalue weighted by Crippen LogP contribution is 2.19. The Morgan fingerprint density at radius 3 is 1.70 bits per heavy atom. The maximum atomic E-state index is 12.0. The van der Waals surface area contributed by atoms with Crippen molar-refractivity contribution >= 4 is 46.8 Å². The third-order valence-electron chi connectivity index (χ3n) is 7.25. The number of carbonyl (C=O) groups excluding carboxylic acids is 2. The van der Waals surface area contributed by atoms with Crippen molar-refractivity contribution in [2.45, 2.75) is 105 Å². The summed E-state index contributed by atoms with van der Waals surface area (Å²) in [4.78, 5) is 48.8. The van der Waals surface area contributed by atoms with E-state index in [2.05, 4.69) is 57.7 Å². The minimum absolute atomic E-state index is 0.181. The van der Waals surface area contributed by atoms with Gasteiger partial charge in [-0.25, -0.2) is 29.9 Å². The highest BCUT2D eigenvalue weighted by atomic mass is 35.5. The Kier molecular flexibility index (Phi) is 20.1. The molecule has 0 fully saturated rings. The van der Waals surface area contributed by atoms with E-state index < -0.39 is 11.2 Å². The summed E-state index contributed by atoms with van der Waals surface area (Å²) in [6.45, 7) is 15.6. The smallest absolute Gasteiger partial charge is 0.306 e. The number of nitrogens with zero attached hydrogens (tertiary/aromatic N) is 6. The van der Waals surface area contributed by atoms with E-state index in [4.69, 9.17) is 32.5 Å². The van der Waals surface area contributed by atoms with Gasteiger partial charge in [0.15, 0.2) is 0 Å². The highest BCUT2D eigenvalue weighted by Gasteiger charge is 2.19. The summed E-state index contributed by atoms with van der Waals surface area (Å²) in [7, 11) is 0. The quantitative estimate of drug-likeness (QED) is 0.0578. The molecule has 0 amide bonds. The van der Waals surface area contributed by atoms with Crippen molar-refractivity contribution in [2.24, 2.45) is 23.3 Å². The predicted molar refractivity (Wildman–Crippen MR) is 213 cm³/mol. The van der Waals surface area contributed by atoms with Gasteiger partial charge >= 0.3 is 11.9 Å². The van der Waals surface area contributed by atoms with Crippen LogP contribution in [0.15, 0.2) is 37.2 Å². The number of nitrogens with two attached hydrogens (primary N) is 2. The molecule has 0 radical (unpaired) electrons. The lowest BCUT2D eigenvalue weighted by molar-refractivity contribution is -0.156. The van der Waals surface area contributed by atoms with Crippen LogP contribution in [0.3, 0.4) is 0 Å². The lowest BCUT2D eigenvalue weighted by Crippen LogP contribution is -2.25. The number of esters is 2.